The summed E-state index contributed by atoms with van der Waals surface area (Å²) in [5, 5.41) is 24.7. The molecular weight excluding hydrogens is 933 g/mol. The third-order valence-electron chi connectivity index (χ3n) is 10.7. The highest BCUT2D eigenvalue weighted by Crippen LogP contribution is 2.45. The number of aromatic nitrogens is 1. The molecule has 6 aromatic rings. The number of anilines is 1. The van der Waals surface area contributed by atoms with E-state index in [4.69, 9.17) is 19.5 Å². The van der Waals surface area contributed by atoms with Gasteiger partial charge in [-0.3, -0.25) is 19.8 Å². The van der Waals surface area contributed by atoms with Crippen LogP contribution in [0.4, 0.5) is 9.93 Å². The molecule has 1 saturated heterocycles. The number of hydrogen-bond donors (Lipinski definition) is 3. The monoisotopic (exact) mass is 978 g/mol. The zero-order chi connectivity index (χ0) is 48.4. The molecule has 69 heavy (non-hydrogen) atoms. The second-order valence-electron chi connectivity index (χ2n) is 16.4. The van der Waals surface area contributed by atoms with E-state index < -0.39 is 52.6 Å². The topological polar surface area (TPSA) is 181 Å². The number of thiazole rings is 1. The normalized spacial score (nSPS) is 16.3. The van der Waals surface area contributed by atoms with Crippen LogP contribution in [-0.4, -0.2) is 73.7 Å². The summed E-state index contributed by atoms with van der Waals surface area (Å²) in [5.74, 6) is -1.86. The second-order valence-corrected chi connectivity index (χ2v) is 19.4. The lowest BCUT2D eigenvalue weighted by atomic mass is 9.80. The fourth-order valence-corrected chi connectivity index (χ4v) is 10.6. The summed E-state index contributed by atoms with van der Waals surface area (Å²) in [6, 6.07) is 45.8. The van der Waals surface area contributed by atoms with Crippen molar-refractivity contribution in [2.45, 2.75) is 49.5 Å². The number of amides is 3. The number of rotatable bonds is 16. The van der Waals surface area contributed by atoms with Crippen molar-refractivity contribution >= 4 is 75.8 Å². The molecule has 8 rings (SSSR count). The van der Waals surface area contributed by atoms with Gasteiger partial charge in [0, 0.05) is 32.7 Å². The van der Waals surface area contributed by atoms with Crippen molar-refractivity contribution in [3.63, 3.8) is 0 Å². The summed E-state index contributed by atoms with van der Waals surface area (Å²) in [4.78, 5) is 69.9. The van der Waals surface area contributed by atoms with Crippen molar-refractivity contribution in [3.05, 3.63) is 213 Å². The van der Waals surface area contributed by atoms with Gasteiger partial charge in [0.1, 0.15) is 28.4 Å². The predicted octanol–water partition coefficient (Wildman–Crippen LogP) is 9.85. The third-order valence-corrected chi connectivity index (χ3v) is 13.8. The Kier molecular flexibility index (Phi) is 15.1. The minimum atomic E-state index is -1.39. The molecule has 17 heteroatoms. The number of carbonyl (C=O) groups is 4. The Morgan fingerprint density at radius 3 is 1.88 bits per heavy atom. The Bertz CT molecular complexity index is 2760. The summed E-state index contributed by atoms with van der Waals surface area (Å²) in [5.41, 5.74) is 1.17. The molecule has 3 N–H and O–H groups in total. The Labute approximate surface area is 411 Å². The summed E-state index contributed by atoms with van der Waals surface area (Å²) < 4.78 is 11.7. The zero-order valence-electron chi connectivity index (χ0n) is 37.5. The van der Waals surface area contributed by atoms with Gasteiger partial charge in [0.25, 0.3) is 11.8 Å². The quantitative estimate of drug-likeness (QED) is 0.0210. The molecule has 0 bridgehead atoms. The molecule has 3 heterocycles. The number of oxime groups is 2. The molecule has 2 aliphatic heterocycles. The van der Waals surface area contributed by atoms with Crippen molar-refractivity contribution in [3.8, 4) is 0 Å². The SMILES string of the molecule is CC(C)(C)OC(=O)Nc1nc(/C(=N/OC(c2ccccc2)(c2ccccc2)c2ccccc2)C(=O)NC2C(=O)N3C(C(=O)OC(c4ccccc4)c4ccccc4)=C(S/C=C/C=N/O)CS[C@H]23)cs1. The van der Waals surface area contributed by atoms with Crippen LogP contribution in [0.25, 0.3) is 0 Å². The molecule has 0 radical (unpaired) electrons. The smallest absolute Gasteiger partial charge is 0.413 e. The summed E-state index contributed by atoms with van der Waals surface area (Å²) in [6.07, 6.45) is 1.12. The number of nitrogens with one attached hydrogen (secondary N) is 2. The van der Waals surface area contributed by atoms with E-state index >= 15 is 0 Å². The molecule has 2 atom stereocenters. The molecule has 0 aliphatic carbocycles. The molecule has 350 valence electrons. The fourth-order valence-electron chi connectivity index (χ4n) is 7.65. The van der Waals surface area contributed by atoms with E-state index in [2.05, 4.69) is 25.9 Å². The van der Waals surface area contributed by atoms with Gasteiger partial charge < -0.3 is 24.8 Å². The average molecular weight is 979 g/mol. The van der Waals surface area contributed by atoms with Crippen LogP contribution < -0.4 is 10.6 Å². The lowest BCUT2D eigenvalue weighted by Crippen LogP contribution is -2.71. The van der Waals surface area contributed by atoms with Crippen LogP contribution in [0, 0.1) is 0 Å². The Balaban J connectivity index is 1.15. The van der Waals surface area contributed by atoms with E-state index in [0.717, 1.165) is 22.5 Å². The van der Waals surface area contributed by atoms with Crippen LogP contribution in [0.3, 0.4) is 0 Å². The number of β-lactam (4-membered cyclic amide) rings is 1. The van der Waals surface area contributed by atoms with Gasteiger partial charge in [-0.25, -0.2) is 14.6 Å². The molecule has 0 saturated carbocycles. The predicted molar refractivity (Wildman–Crippen MR) is 269 cm³/mol. The highest BCUT2D eigenvalue weighted by Gasteiger charge is 2.55. The minimum Gasteiger partial charge on any atom is -0.448 e. The second kappa shape index (κ2) is 21.7. The molecule has 0 spiro atoms. The van der Waals surface area contributed by atoms with Gasteiger partial charge in [-0.05, 0) is 43.4 Å². The standard InChI is InChI=1S/C52H46N6O8S3/c1-51(2,3)65-50(62)56-49-54-39(32-69-49)41(57-66-52(36-24-13-6-14-25-36,37-26-15-7-16-27-37)38-28-17-8-18-29-38)45(59)55-42-46(60)58-43(40(33-68-47(42)58)67-31-19-30-53-63)48(61)64-44(34-20-9-4-10-21-34)35-22-11-5-12-23-35/h4-32,42,44,47,63H,33H2,1-3H3,(H,55,59)(H,54,56,62)/b31-19+,53-30+,57-41-/t42?,47-/m1/s1. The van der Waals surface area contributed by atoms with Crippen LogP contribution in [-0.2, 0) is 34.3 Å². The molecule has 14 nitrogen and oxygen atoms in total. The lowest BCUT2D eigenvalue weighted by molar-refractivity contribution is -0.154. The molecule has 3 amide bonds. The van der Waals surface area contributed by atoms with Crippen LogP contribution >= 0.6 is 34.9 Å². The molecule has 5 aromatic carbocycles. The van der Waals surface area contributed by atoms with E-state index in [1.165, 1.54) is 40.7 Å². The van der Waals surface area contributed by atoms with Gasteiger partial charge in [0.15, 0.2) is 16.9 Å². The number of esters is 1. The number of thioether (sulfide) groups is 2. The first-order valence-corrected chi connectivity index (χ1v) is 24.4. The van der Waals surface area contributed by atoms with Crippen molar-refractivity contribution in [1.82, 2.24) is 15.2 Å². The fraction of sp³-hybridized carbons (Fsp3) is 0.173. The van der Waals surface area contributed by atoms with Gasteiger partial charge in [-0.2, -0.15) is 0 Å². The number of fused-ring (bicyclic) bond motifs is 1. The van der Waals surface area contributed by atoms with Gasteiger partial charge in [-0.15, -0.1) is 23.1 Å². The Hall–Kier alpha value is -7.47. The lowest BCUT2D eigenvalue weighted by Gasteiger charge is -2.49. The molecule has 1 unspecified atom stereocenters. The van der Waals surface area contributed by atoms with Crippen LogP contribution in [0.1, 0.15) is 60.4 Å². The minimum absolute atomic E-state index is 0.0228. The van der Waals surface area contributed by atoms with E-state index in [1.807, 2.05) is 152 Å². The van der Waals surface area contributed by atoms with E-state index in [9.17, 15) is 19.2 Å². The van der Waals surface area contributed by atoms with Gasteiger partial charge >= 0.3 is 12.1 Å². The Morgan fingerprint density at radius 1 is 0.826 bits per heavy atom. The first-order chi connectivity index (χ1) is 33.5. The summed E-state index contributed by atoms with van der Waals surface area (Å²) in [6.45, 7) is 5.20. The Morgan fingerprint density at radius 2 is 1.36 bits per heavy atom. The highest BCUT2D eigenvalue weighted by molar-refractivity contribution is 8.08. The maximum atomic E-state index is 14.9. The van der Waals surface area contributed by atoms with Crippen molar-refractivity contribution < 1.29 is 38.7 Å². The van der Waals surface area contributed by atoms with Gasteiger partial charge in [0.2, 0.25) is 5.60 Å². The number of hydrogen-bond acceptors (Lipinski definition) is 14. The average Bonchev–Trinajstić information content (AvgIpc) is 3.83. The maximum absolute atomic E-state index is 14.9. The largest absolute Gasteiger partial charge is 0.448 e. The van der Waals surface area contributed by atoms with Crippen LogP contribution in [0.15, 0.2) is 189 Å². The van der Waals surface area contributed by atoms with Crippen molar-refractivity contribution in [2.24, 2.45) is 10.3 Å². The van der Waals surface area contributed by atoms with E-state index in [0.29, 0.717) is 21.6 Å². The number of benzene rings is 5. The number of allylic oxidation sites excluding steroid dienone is 1. The van der Waals surface area contributed by atoms with Crippen LogP contribution in [0.5, 0.6) is 0 Å². The van der Waals surface area contributed by atoms with Crippen LogP contribution in [0.2, 0.25) is 0 Å². The van der Waals surface area contributed by atoms with Gasteiger partial charge in [0.05, 0.1) is 6.21 Å². The van der Waals surface area contributed by atoms with Gasteiger partial charge in [-0.1, -0.05) is 174 Å². The maximum Gasteiger partial charge on any atom is 0.413 e. The molecular formula is C52H46N6O8S3. The number of nitrogens with zero attached hydrogens (tertiary/aromatic N) is 4. The number of ether oxygens (including phenoxy) is 2. The molecule has 1 aromatic heterocycles. The third kappa shape index (κ3) is 11.0. The van der Waals surface area contributed by atoms with Crippen molar-refractivity contribution in [1.29, 1.82) is 0 Å². The van der Waals surface area contributed by atoms with E-state index in [1.54, 1.807) is 31.6 Å². The summed E-state index contributed by atoms with van der Waals surface area (Å²) in [7, 11) is 0. The zero-order valence-corrected chi connectivity index (χ0v) is 40.0. The number of carbonyl (C=O) groups excluding carboxylic acids is 4. The summed E-state index contributed by atoms with van der Waals surface area (Å²) >= 11 is 3.56. The first kappa shape index (κ1) is 48.0. The van der Waals surface area contributed by atoms with Crippen molar-refractivity contribution in [2.75, 3.05) is 11.1 Å². The molecule has 1 fully saturated rings. The highest BCUT2D eigenvalue weighted by atomic mass is 32.2. The van der Waals surface area contributed by atoms with E-state index in [-0.39, 0.29) is 28.0 Å². The molecule has 2 aliphatic rings. The first-order valence-electron chi connectivity index (χ1n) is 21.6.